The van der Waals surface area contributed by atoms with E-state index in [1.165, 1.54) is 4.88 Å². The van der Waals surface area contributed by atoms with Crippen molar-refractivity contribution >= 4 is 17.2 Å². The number of nitrogens with one attached hydrogen (secondary N) is 1. The number of hydrogen-bond donors (Lipinski definition) is 1. The molecule has 0 bridgehead atoms. The number of pyridine rings is 1. The fourth-order valence-corrected chi connectivity index (χ4v) is 4.92. The van der Waals surface area contributed by atoms with Crippen molar-refractivity contribution in [3.63, 3.8) is 0 Å². The third kappa shape index (κ3) is 3.99. The maximum absolute atomic E-state index is 12.6. The second-order valence-electron chi connectivity index (χ2n) is 7.24. The summed E-state index contributed by atoms with van der Waals surface area (Å²) >= 11 is 1.70. The van der Waals surface area contributed by atoms with E-state index in [9.17, 15) is 4.79 Å². The van der Waals surface area contributed by atoms with Crippen LogP contribution in [0.5, 0.6) is 0 Å². The molecule has 0 spiro atoms. The molecule has 3 heterocycles. The van der Waals surface area contributed by atoms with Gasteiger partial charge in [-0.2, -0.15) is 0 Å². The second-order valence-corrected chi connectivity index (χ2v) is 8.33. The molecule has 1 unspecified atom stereocenters. The molecule has 0 fully saturated rings. The Morgan fingerprint density at radius 2 is 2.25 bits per heavy atom. The molecule has 4 rings (SSSR count). The highest BCUT2D eigenvalue weighted by molar-refractivity contribution is 7.15. The number of aryl methyl sites for hydroxylation is 4. The van der Waals surface area contributed by atoms with Crippen molar-refractivity contribution in [1.82, 2.24) is 20.4 Å². The zero-order valence-electron chi connectivity index (χ0n) is 16.2. The van der Waals surface area contributed by atoms with Gasteiger partial charge >= 0.3 is 0 Å². The first-order valence-electron chi connectivity index (χ1n) is 9.71. The van der Waals surface area contributed by atoms with E-state index in [1.807, 2.05) is 32.0 Å². The third-order valence-electron chi connectivity index (χ3n) is 5.19. The van der Waals surface area contributed by atoms with Crippen molar-refractivity contribution in [2.24, 2.45) is 5.92 Å². The molecule has 1 atom stereocenters. The molecular formula is C21H24N4O2S. The van der Waals surface area contributed by atoms with Gasteiger partial charge in [0, 0.05) is 35.7 Å². The van der Waals surface area contributed by atoms with E-state index >= 15 is 0 Å². The first-order valence-corrected chi connectivity index (χ1v) is 10.5. The summed E-state index contributed by atoms with van der Waals surface area (Å²) in [6.45, 7) is 4.53. The van der Waals surface area contributed by atoms with Crippen LogP contribution in [0.3, 0.4) is 0 Å². The smallest absolute Gasteiger partial charge is 0.223 e. The highest BCUT2D eigenvalue weighted by Crippen LogP contribution is 2.36. The van der Waals surface area contributed by atoms with Crippen LogP contribution in [0.2, 0.25) is 0 Å². The summed E-state index contributed by atoms with van der Waals surface area (Å²) in [5.41, 5.74) is 3.98. The fourth-order valence-electron chi connectivity index (χ4n) is 3.67. The van der Waals surface area contributed by atoms with Crippen LogP contribution in [-0.4, -0.2) is 27.6 Å². The summed E-state index contributed by atoms with van der Waals surface area (Å²) < 4.78 is 5.28. The Hall–Kier alpha value is -2.54. The molecule has 28 heavy (non-hydrogen) atoms. The first kappa shape index (κ1) is 18.8. The van der Waals surface area contributed by atoms with E-state index < -0.39 is 0 Å². The number of thiazole rings is 1. The molecule has 0 aromatic carbocycles. The van der Waals surface area contributed by atoms with E-state index in [-0.39, 0.29) is 11.8 Å². The topological polar surface area (TPSA) is 80.9 Å². The molecule has 3 aromatic rings. The Bertz CT molecular complexity index is 945. The van der Waals surface area contributed by atoms with Crippen molar-refractivity contribution < 1.29 is 9.32 Å². The average Bonchev–Trinajstić information content (AvgIpc) is 3.27. The van der Waals surface area contributed by atoms with Crippen LogP contribution in [0.1, 0.15) is 40.6 Å². The van der Waals surface area contributed by atoms with Crippen molar-refractivity contribution in [2.75, 3.05) is 6.54 Å². The van der Waals surface area contributed by atoms with E-state index in [4.69, 9.17) is 9.51 Å². The standard InChI is InChI=1S/C21H24N4O2S/c1-13-19(14(2)27-25-13)21-24-17-12-15(8-9-18(17)28-21)20(26)23-11-5-7-16-6-3-4-10-22-16/h3-4,6,10,15H,5,7-9,11-12H2,1-2H3,(H,23,26). The molecule has 6 nitrogen and oxygen atoms in total. The summed E-state index contributed by atoms with van der Waals surface area (Å²) in [7, 11) is 0. The van der Waals surface area contributed by atoms with E-state index in [0.717, 1.165) is 59.1 Å². The van der Waals surface area contributed by atoms with Crippen LogP contribution in [0.4, 0.5) is 0 Å². The largest absolute Gasteiger partial charge is 0.361 e. The predicted octanol–water partition coefficient (Wildman–Crippen LogP) is 3.66. The number of carbonyl (C=O) groups excluding carboxylic acids is 1. The maximum atomic E-state index is 12.6. The van der Waals surface area contributed by atoms with Crippen molar-refractivity contribution in [3.05, 3.63) is 52.1 Å². The molecule has 7 heteroatoms. The number of hydrogen-bond acceptors (Lipinski definition) is 6. The van der Waals surface area contributed by atoms with Gasteiger partial charge in [0.25, 0.3) is 0 Å². The van der Waals surface area contributed by atoms with E-state index in [0.29, 0.717) is 13.0 Å². The molecule has 3 aromatic heterocycles. The van der Waals surface area contributed by atoms with Gasteiger partial charge in [-0.1, -0.05) is 11.2 Å². The minimum absolute atomic E-state index is 0.00182. The Kier molecular flexibility index (Phi) is 5.52. The zero-order valence-corrected chi connectivity index (χ0v) is 17.0. The molecule has 1 aliphatic rings. The number of carbonyl (C=O) groups is 1. The molecule has 0 saturated carbocycles. The number of rotatable bonds is 6. The Morgan fingerprint density at radius 1 is 1.36 bits per heavy atom. The van der Waals surface area contributed by atoms with Crippen LogP contribution >= 0.6 is 11.3 Å². The van der Waals surface area contributed by atoms with Crippen LogP contribution < -0.4 is 5.32 Å². The summed E-state index contributed by atoms with van der Waals surface area (Å²) in [5, 5.41) is 8.07. The lowest BCUT2D eigenvalue weighted by Gasteiger charge is -2.20. The van der Waals surface area contributed by atoms with Gasteiger partial charge in [0.05, 0.1) is 17.0 Å². The lowest BCUT2D eigenvalue weighted by atomic mass is 9.90. The quantitative estimate of drug-likeness (QED) is 0.643. The van der Waals surface area contributed by atoms with Crippen LogP contribution in [-0.2, 0) is 24.1 Å². The van der Waals surface area contributed by atoms with Gasteiger partial charge in [0.15, 0.2) is 0 Å². The lowest BCUT2D eigenvalue weighted by Crippen LogP contribution is -2.34. The van der Waals surface area contributed by atoms with Gasteiger partial charge in [-0.3, -0.25) is 9.78 Å². The zero-order chi connectivity index (χ0) is 19.5. The molecule has 0 radical (unpaired) electrons. The second kappa shape index (κ2) is 8.22. The number of nitrogens with zero attached hydrogens (tertiary/aromatic N) is 3. The molecule has 0 saturated heterocycles. The van der Waals surface area contributed by atoms with Crippen LogP contribution in [0, 0.1) is 19.8 Å². The lowest BCUT2D eigenvalue weighted by molar-refractivity contribution is -0.125. The van der Waals surface area contributed by atoms with Gasteiger partial charge in [0.2, 0.25) is 5.91 Å². The SMILES string of the molecule is Cc1noc(C)c1-c1nc2c(s1)CCC(C(=O)NCCCc1ccccn1)C2. The minimum atomic E-state index is 0.00182. The van der Waals surface area contributed by atoms with Crippen molar-refractivity contribution in [3.8, 4) is 10.6 Å². The third-order valence-corrected chi connectivity index (χ3v) is 6.37. The summed E-state index contributed by atoms with van der Waals surface area (Å²) in [5.74, 6) is 0.936. The Balaban J connectivity index is 1.33. The minimum Gasteiger partial charge on any atom is -0.361 e. The van der Waals surface area contributed by atoms with Gasteiger partial charge in [-0.25, -0.2) is 4.98 Å². The molecule has 1 aliphatic carbocycles. The Labute approximate surface area is 168 Å². The van der Waals surface area contributed by atoms with Gasteiger partial charge < -0.3 is 9.84 Å². The molecule has 1 amide bonds. The summed E-state index contributed by atoms with van der Waals surface area (Å²) in [6.07, 6.45) is 6.07. The van der Waals surface area contributed by atoms with Crippen molar-refractivity contribution in [2.45, 2.75) is 46.0 Å². The van der Waals surface area contributed by atoms with Crippen LogP contribution in [0.25, 0.3) is 10.6 Å². The van der Waals surface area contributed by atoms with E-state index in [2.05, 4.69) is 15.5 Å². The predicted molar refractivity (Wildman–Crippen MR) is 108 cm³/mol. The number of amides is 1. The highest BCUT2D eigenvalue weighted by atomic mass is 32.1. The van der Waals surface area contributed by atoms with Crippen molar-refractivity contribution in [1.29, 1.82) is 0 Å². The fraction of sp³-hybridized carbons (Fsp3) is 0.429. The molecule has 146 valence electrons. The van der Waals surface area contributed by atoms with Gasteiger partial charge in [0.1, 0.15) is 10.8 Å². The van der Waals surface area contributed by atoms with E-state index in [1.54, 1.807) is 17.5 Å². The monoisotopic (exact) mass is 396 g/mol. The van der Waals surface area contributed by atoms with Gasteiger partial charge in [-0.15, -0.1) is 11.3 Å². The maximum Gasteiger partial charge on any atom is 0.223 e. The normalized spacial score (nSPS) is 16.0. The molecular weight excluding hydrogens is 372 g/mol. The highest BCUT2D eigenvalue weighted by Gasteiger charge is 2.28. The Morgan fingerprint density at radius 3 is 3.00 bits per heavy atom. The number of fused-ring (bicyclic) bond motifs is 1. The summed E-state index contributed by atoms with van der Waals surface area (Å²) in [4.78, 5) is 23.0. The average molecular weight is 397 g/mol. The van der Waals surface area contributed by atoms with Gasteiger partial charge in [-0.05, 0) is 51.7 Å². The first-order chi connectivity index (χ1) is 13.6. The summed E-state index contributed by atoms with van der Waals surface area (Å²) in [6, 6.07) is 5.92. The molecule has 0 aliphatic heterocycles. The number of aromatic nitrogens is 3. The van der Waals surface area contributed by atoms with Crippen LogP contribution in [0.15, 0.2) is 28.9 Å². The molecule has 1 N–H and O–H groups in total.